The van der Waals surface area contributed by atoms with Gasteiger partial charge in [0.05, 0.1) is 11.9 Å². The minimum atomic E-state index is -0.268. The third kappa shape index (κ3) is 4.27. The van der Waals surface area contributed by atoms with Gasteiger partial charge in [-0.2, -0.15) is 0 Å². The summed E-state index contributed by atoms with van der Waals surface area (Å²) in [5, 5.41) is 3.63. The quantitative estimate of drug-likeness (QED) is 0.861. The second kappa shape index (κ2) is 6.99. The zero-order valence-electron chi connectivity index (χ0n) is 12.0. The molecule has 0 amide bonds. The van der Waals surface area contributed by atoms with Crippen LogP contribution in [0.15, 0.2) is 18.3 Å². The molecule has 19 heavy (non-hydrogen) atoms. The number of rotatable bonds is 5. The molecule has 1 heterocycles. The maximum absolute atomic E-state index is 12.8. The number of nitrogens with one attached hydrogen (secondary N) is 1. The fraction of sp³-hybridized carbons (Fsp3) is 0.688. The summed E-state index contributed by atoms with van der Waals surface area (Å²) in [5.74, 6) is 0.665. The smallest absolute Gasteiger partial charge is 0.141 e. The first-order valence-electron chi connectivity index (χ1n) is 7.56. The summed E-state index contributed by atoms with van der Waals surface area (Å²) < 4.78 is 12.8. The van der Waals surface area contributed by atoms with Crippen molar-refractivity contribution >= 4 is 0 Å². The molecule has 0 radical (unpaired) electrons. The Hall–Kier alpha value is -0.960. The van der Waals surface area contributed by atoms with Gasteiger partial charge in [0, 0.05) is 12.1 Å². The first kappa shape index (κ1) is 14.4. The van der Waals surface area contributed by atoms with E-state index in [0.29, 0.717) is 6.04 Å². The molecule has 1 aliphatic carbocycles. The lowest BCUT2D eigenvalue weighted by Gasteiger charge is -2.31. The van der Waals surface area contributed by atoms with Crippen molar-refractivity contribution in [1.29, 1.82) is 0 Å². The molecular weight excluding hydrogens is 239 g/mol. The highest BCUT2D eigenvalue weighted by Crippen LogP contribution is 2.28. The summed E-state index contributed by atoms with van der Waals surface area (Å²) in [6, 6.07) is 4.05. The molecular formula is C16H25FN2. The SMILES string of the molecule is CCCC1CCC(NC(C)c2ccc(F)cn2)CC1. The maximum Gasteiger partial charge on any atom is 0.141 e. The standard InChI is InChI=1S/C16H25FN2/c1-3-4-13-5-8-15(9-6-13)19-12(2)16-10-7-14(17)11-18-16/h7,10-13,15,19H,3-6,8-9H2,1-2H3. The molecule has 0 bridgehead atoms. The van der Waals surface area contributed by atoms with E-state index in [2.05, 4.69) is 24.1 Å². The van der Waals surface area contributed by atoms with Gasteiger partial charge in [-0.1, -0.05) is 19.8 Å². The van der Waals surface area contributed by atoms with Crippen LogP contribution in [0.5, 0.6) is 0 Å². The fourth-order valence-corrected chi connectivity index (χ4v) is 3.11. The molecule has 2 nitrogen and oxygen atoms in total. The number of nitrogens with zero attached hydrogens (tertiary/aromatic N) is 1. The molecule has 1 unspecified atom stereocenters. The van der Waals surface area contributed by atoms with Crippen molar-refractivity contribution < 1.29 is 4.39 Å². The Morgan fingerprint density at radius 2 is 2.05 bits per heavy atom. The summed E-state index contributed by atoms with van der Waals surface area (Å²) in [4.78, 5) is 4.15. The summed E-state index contributed by atoms with van der Waals surface area (Å²) >= 11 is 0. The maximum atomic E-state index is 12.8. The molecule has 1 N–H and O–H groups in total. The number of pyridine rings is 1. The third-order valence-corrected chi connectivity index (χ3v) is 4.22. The van der Waals surface area contributed by atoms with Gasteiger partial charge in [-0.25, -0.2) is 4.39 Å². The second-order valence-electron chi connectivity index (χ2n) is 5.80. The second-order valence-corrected chi connectivity index (χ2v) is 5.80. The van der Waals surface area contributed by atoms with E-state index in [1.54, 1.807) is 6.07 Å². The Labute approximate surface area is 115 Å². The average molecular weight is 264 g/mol. The fourth-order valence-electron chi connectivity index (χ4n) is 3.11. The van der Waals surface area contributed by atoms with Crippen LogP contribution in [0.3, 0.4) is 0 Å². The topological polar surface area (TPSA) is 24.9 Å². The van der Waals surface area contributed by atoms with E-state index in [1.165, 1.54) is 50.8 Å². The van der Waals surface area contributed by atoms with Crippen LogP contribution >= 0.6 is 0 Å². The van der Waals surface area contributed by atoms with Crippen LogP contribution in [0.2, 0.25) is 0 Å². The van der Waals surface area contributed by atoms with Crippen LogP contribution in [0.25, 0.3) is 0 Å². The monoisotopic (exact) mass is 264 g/mol. The highest BCUT2D eigenvalue weighted by Gasteiger charge is 2.22. The Kier molecular flexibility index (Phi) is 5.32. The third-order valence-electron chi connectivity index (χ3n) is 4.22. The molecule has 1 aromatic heterocycles. The average Bonchev–Trinajstić information content (AvgIpc) is 2.42. The van der Waals surface area contributed by atoms with Crippen molar-refractivity contribution in [3.05, 3.63) is 29.8 Å². The number of aromatic nitrogens is 1. The molecule has 0 aromatic carbocycles. The first-order valence-corrected chi connectivity index (χ1v) is 7.56. The van der Waals surface area contributed by atoms with Gasteiger partial charge in [0.1, 0.15) is 5.82 Å². The van der Waals surface area contributed by atoms with E-state index in [-0.39, 0.29) is 11.9 Å². The van der Waals surface area contributed by atoms with Crippen molar-refractivity contribution in [2.75, 3.05) is 0 Å². The lowest BCUT2D eigenvalue weighted by Crippen LogP contribution is -2.35. The molecule has 3 heteroatoms. The van der Waals surface area contributed by atoms with Gasteiger partial charge in [0.15, 0.2) is 0 Å². The van der Waals surface area contributed by atoms with Gasteiger partial charge < -0.3 is 5.32 Å². The molecule has 0 aliphatic heterocycles. The first-order chi connectivity index (χ1) is 9.19. The number of halogens is 1. The Balaban J connectivity index is 1.80. The van der Waals surface area contributed by atoms with Crippen LogP contribution < -0.4 is 5.32 Å². The minimum absolute atomic E-state index is 0.202. The lowest BCUT2D eigenvalue weighted by atomic mass is 9.83. The van der Waals surface area contributed by atoms with Gasteiger partial charge in [-0.15, -0.1) is 0 Å². The minimum Gasteiger partial charge on any atom is -0.306 e. The lowest BCUT2D eigenvalue weighted by molar-refractivity contribution is 0.265. The largest absolute Gasteiger partial charge is 0.306 e. The van der Waals surface area contributed by atoms with E-state index in [1.807, 2.05) is 0 Å². The van der Waals surface area contributed by atoms with E-state index in [0.717, 1.165) is 11.6 Å². The zero-order chi connectivity index (χ0) is 13.7. The number of hydrogen-bond acceptors (Lipinski definition) is 2. The van der Waals surface area contributed by atoms with Crippen molar-refractivity contribution in [2.45, 2.75) is 64.5 Å². The Bertz CT molecular complexity index is 369. The predicted molar refractivity (Wildman–Crippen MR) is 76.4 cm³/mol. The summed E-state index contributed by atoms with van der Waals surface area (Å²) in [6.07, 6.45) is 9.18. The van der Waals surface area contributed by atoms with Crippen LogP contribution in [0, 0.1) is 11.7 Å². The highest BCUT2D eigenvalue weighted by atomic mass is 19.1. The molecule has 0 saturated heterocycles. The Morgan fingerprint density at radius 3 is 2.63 bits per heavy atom. The highest BCUT2D eigenvalue weighted by molar-refractivity contribution is 5.09. The molecule has 1 saturated carbocycles. The zero-order valence-corrected chi connectivity index (χ0v) is 12.0. The van der Waals surface area contributed by atoms with Crippen molar-refractivity contribution in [1.82, 2.24) is 10.3 Å². The molecule has 0 spiro atoms. The molecule has 1 aliphatic rings. The van der Waals surface area contributed by atoms with Gasteiger partial charge >= 0.3 is 0 Å². The van der Waals surface area contributed by atoms with Crippen molar-refractivity contribution in [2.24, 2.45) is 5.92 Å². The van der Waals surface area contributed by atoms with E-state index in [4.69, 9.17) is 0 Å². The predicted octanol–water partition coefficient (Wildman–Crippen LogP) is 4.23. The summed E-state index contributed by atoms with van der Waals surface area (Å²) in [6.45, 7) is 4.38. The molecule has 106 valence electrons. The van der Waals surface area contributed by atoms with Crippen molar-refractivity contribution in [3.8, 4) is 0 Å². The van der Waals surface area contributed by atoms with E-state index < -0.39 is 0 Å². The molecule has 1 aromatic rings. The van der Waals surface area contributed by atoms with E-state index >= 15 is 0 Å². The van der Waals surface area contributed by atoms with E-state index in [9.17, 15) is 4.39 Å². The van der Waals surface area contributed by atoms with Gasteiger partial charge in [-0.3, -0.25) is 4.98 Å². The van der Waals surface area contributed by atoms with Gasteiger partial charge in [0.25, 0.3) is 0 Å². The summed E-state index contributed by atoms with van der Waals surface area (Å²) in [5.41, 5.74) is 0.928. The molecule has 1 fully saturated rings. The van der Waals surface area contributed by atoms with Crippen LogP contribution in [-0.2, 0) is 0 Å². The van der Waals surface area contributed by atoms with Crippen LogP contribution in [0.4, 0.5) is 4.39 Å². The Morgan fingerprint density at radius 1 is 1.32 bits per heavy atom. The normalized spacial score (nSPS) is 25.2. The van der Waals surface area contributed by atoms with Crippen molar-refractivity contribution in [3.63, 3.8) is 0 Å². The summed E-state index contributed by atoms with van der Waals surface area (Å²) in [7, 11) is 0. The molecule has 1 atom stereocenters. The van der Waals surface area contributed by atoms with Crippen LogP contribution in [0.1, 0.15) is 64.1 Å². The van der Waals surface area contributed by atoms with Gasteiger partial charge in [-0.05, 0) is 50.7 Å². The molecule has 2 rings (SSSR count). The van der Waals surface area contributed by atoms with Crippen LogP contribution in [-0.4, -0.2) is 11.0 Å². The number of hydrogen-bond donors (Lipinski definition) is 1. The van der Waals surface area contributed by atoms with Gasteiger partial charge in [0.2, 0.25) is 0 Å².